The normalized spacial score (nSPS) is 11.5. The maximum Gasteiger partial charge on any atom is 0.255 e. The summed E-state index contributed by atoms with van der Waals surface area (Å²) in [6.45, 7) is 4.32. The van der Waals surface area contributed by atoms with Crippen LogP contribution in [-0.4, -0.2) is 69.7 Å². The lowest BCUT2D eigenvalue weighted by Crippen LogP contribution is -2.30. The Hall–Kier alpha value is -2.41. The summed E-state index contributed by atoms with van der Waals surface area (Å²) >= 11 is 0. The third-order valence-electron chi connectivity index (χ3n) is 3.60. The van der Waals surface area contributed by atoms with E-state index in [1.54, 1.807) is 13.8 Å². The lowest BCUT2D eigenvalue weighted by atomic mass is 10.1. The molecule has 176 valence electrons. The molecule has 14 heteroatoms. The van der Waals surface area contributed by atoms with Gasteiger partial charge in [-0.3, -0.25) is 0 Å². The van der Waals surface area contributed by atoms with Gasteiger partial charge < -0.3 is 26.4 Å². The fourth-order valence-corrected chi connectivity index (χ4v) is 2.30. The number of fused-ring (bicyclic) bond motifs is 1. The molecule has 0 bridgehead atoms. The first-order valence-corrected chi connectivity index (χ1v) is 9.43. The zero-order valence-electron chi connectivity index (χ0n) is 17.3. The van der Waals surface area contributed by atoms with Crippen molar-refractivity contribution in [1.82, 2.24) is 19.9 Å². The molecule has 2 aromatic rings. The third-order valence-corrected chi connectivity index (χ3v) is 3.60. The van der Waals surface area contributed by atoms with E-state index in [-0.39, 0.29) is 53.5 Å². The van der Waals surface area contributed by atoms with Crippen LogP contribution in [0.2, 0.25) is 0 Å². The molecule has 0 saturated heterocycles. The standard InChI is InChI=1S/C17H26F4N8O.ClH/c1-4-5-22-13-11-12(27-15(28-13)23-6-9(18)19)14(25-8-17(2,3)30)29-16(26-11)24-7-10(20)21;/h9-10,30H,4-8H2,1-3H3,(H2,22,23,27,28)(H2,24,25,26,29);1H. The van der Waals surface area contributed by atoms with Gasteiger partial charge >= 0.3 is 0 Å². The second-order valence-corrected chi connectivity index (χ2v) is 7.13. The van der Waals surface area contributed by atoms with Crippen molar-refractivity contribution in [2.75, 3.05) is 47.4 Å². The summed E-state index contributed by atoms with van der Waals surface area (Å²) in [6.07, 6.45) is -4.48. The van der Waals surface area contributed by atoms with Gasteiger partial charge in [-0.15, -0.1) is 12.4 Å². The van der Waals surface area contributed by atoms with E-state index in [0.717, 1.165) is 6.42 Å². The topological polar surface area (TPSA) is 120 Å². The van der Waals surface area contributed by atoms with Crippen molar-refractivity contribution in [2.24, 2.45) is 0 Å². The smallest absolute Gasteiger partial charge is 0.255 e. The Kier molecular flexibility index (Phi) is 10.2. The Bertz CT molecular complexity index is 838. The summed E-state index contributed by atoms with van der Waals surface area (Å²) in [5, 5.41) is 20.8. The number of hydrogen-bond donors (Lipinski definition) is 5. The van der Waals surface area contributed by atoms with Crippen LogP contribution in [-0.2, 0) is 0 Å². The van der Waals surface area contributed by atoms with Gasteiger partial charge in [0.25, 0.3) is 12.9 Å². The van der Waals surface area contributed by atoms with Gasteiger partial charge in [-0.1, -0.05) is 6.92 Å². The van der Waals surface area contributed by atoms with Gasteiger partial charge in [0.05, 0.1) is 18.7 Å². The molecule has 0 spiro atoms. The average molecular weight is 471 g/mol. The second kappa shape index (κ2) is 11.8. The SMILES string of the molecule is CCCNc1nc(NCC(F)F)nc2c(NCC(C)(C)O)nc(NCC(F)F)nc12.Cl. The van der Waals surface area contributed by atoms with Crippen LogP contribution in [0.15, 0.2) is 0 Å². The Morgan fingerprint density at radius 3 is 1.65 bits per heavy atom. The second-order valence-electron chi connectivity index (χ2n) is 7.13. The van der Waals surface area contributed by atoms with Crippen LogP contribution < -0.4 is 21.3 Å². The van der Waals surface area contributed by atoms with Gasteiger partial charge in [-0.2, -0.15) is 9.97 Å². The van der Waals surface area contributed by atoms with Gasteiger partial charge in [-0.25, -0.2) is 27.5 Å². The zero-order chi connectivity index (χ0) is 22.3. The fourth-order valence-electron chi connectivity index (χ4n) is 2.30. The van der Waals surface area contributed by atoms with E-state index < -0.39 is 31.5 Å². The van der Waals surface area contributed by atoms with E-state index >= 15 is 0 Å². The summed E-state index contributed by atoms with van der Waals surface area (Å²) in [4.78, 5) is 16.8. The lowest BCUT2D eigenvalue weighted by Gasteiger charge is -2.20. The molecule has 2 aromatic heterocycles. The summed E-state index contributed by atoms with van der Waals surface area (Å²) in [6, 6.07) is 0. The van der Waals surface area contributed by atoms with E-state index in [9.17, 15) is 22.7 Å². The molecular formula is C17H27ClF4N8O. The maximum absolute atomic E-state index is 12.6. The predicted octanol–water partition coefficient (Wildman–Crippen LogP) is 3.20. The largest absolute Gasteiger partial charge is 0.389 e. The number of nitrogens with one attached hydrogen (secondary N) is 4. The van der Waals surface area contributed by atoms with E-state index in [1.165, 1.54) is 0 Å². The van der Waals surface area contributed by atoms with E-state index in [0.29, 0.717) is 6.54 Å². The fraction of sp³-hybridized carbons (Fsp3) is 0.647. The summed E-state index contributed by atoms with van der Waals surface area (Å²) in [5.74, 6) is 0.232. The number of halogens is 5. The molecule has 0 aliphatic heterocycles. The van der Waals surface area contributed by atoms with Crippen molar-refractivity contribution in [1.29, 1.82) is 0 Å². The first kappa shape index (κ1) is 26.6. The molecule has 9 nitrogen and oxygen atoms in total. The highest BCUT2D eigenvalue weighted by atomic mass is 35.5. The molecule has 5 N–H and O–H groups in total. The molecular weight excluding hydrogens is 444 g/mol. The number of anilines is 4. The first-order valence-electron chi connectivity index (χ1n) is 9.43. The minimum Gasteiger partial charge on any atom is -0.389 e. The number of alkyl halides is 4. The quantitative estimate of drug-likeness (QED) is 0.298. The van der Waals surface area contributed by atoms with Crippen LogP contribution in [0, 0.1) is 0 Å². The molecule has 0 aromatic carbocycles. The average Bonchev–Trinajstić information content (AvgIpc) is 2.66. The van der Waals surface area contributed by atoms with Crippen molar-refractivity contribution in [3.8, 4) is 0 Å². The monoisotopic (exact) mass is 470 g/mol. The number of rotatable bonds is 12. The van der Waals surface area contributed by atoms with E-state index in [4.69, 9.17) is 0 Å². The molecule has 2 heterocycles. The molecule has 0 amide bonds. The zero-order valence-corrected chi connectivity index (χ0v) is 18.2. The summed E-state index contributed by atoms with van der Waals surface area (Å²) in [7, 11) is 0. The van der Waals surface area contributed by atoms with Crippen LogP contribution in [0.4, 0.5) is 41.1 Å². The van der Waals surface area contributed by atoms with Crippen molar-refractivity contribution in [2.45, 2.75) is 45.6 Å². The molecule has 2 rings (SSSR count). The number of nitrogens with zero attached hydrogens (tertiary/aromatic N) is 4. The Morgan fingerprint density at radius 1 is 0.806 bits per heavy atom. The highest BCUT2D eigenvalue weighted by Gasteiger charge is 2.19. The molecule has 0 fully saturated rings. The lowest BCUT2D eigenvalue weighted by molar-refractivity contribution is 0.0944. The third kappa shape index (κ3) is 8.69. The number of aromatic nitrogens is 4. The Morgan fingerprint density at radius 2 is 1.26 bits per heavy atom. The molecule has 0 saturated carbocycles. The van der Waals surface area contributed by atoms with Crippen LogP contribution >= 0.6 is 12.4 Å². The summed E-state index contributed by atoms with van der Waals surface area (Å²) in [5.41, 5.74) is -0.704. The molecule has 0 radical (unpaired) electrons. The van der Waals surface area contributed by atoms with E-state index in [2.05, 4.69) is 41.2 Å². The van der Waals surface area contributed by atoms with Gasteiger partial charge in [0.2, 0.25) is 11.9 Å². The first-order chi connectivity index (χ1) is 14.1. The molecule has 0 aliphatic rings. The highest BCUT2D eigenvalue weighted by Crippen LogP contribution is 2.27. The van der Waals surface area contributed by atoms with Crippen LogP contribution in [0.1, 0.15) is 27.2 Å². The van der Waals surface area contributed by atoms with Crippen molar-refractivity contribution >= 4 is 47.0 Å². The Labute approximate surface area is 183 Å². The van der Waals surface area contributed by atoms with Crippen LogP contribution in [0.3, 0.4) is 0 Å². The minimum absolute atomic E-state index is 0. The molecule has 31 heavy (non-hydrogen) atoms. The number of aliphatic hydroxyl groups is 1. The molecule has 0 atom stereocenters. The number of hydrogen-bond acceptors (Lipinski definition) is 9. The predicted molar refractivity (Wildman–Crippen MR) is 115 cm³/mol. The van der Waals surface area contributed by atoms with Gasteiger partial charge in [-0.05, 0) is 20.3 Å². The van der Waals surface area contributed by atoms with Crippen molar-refractivity contribution < 1.29 is 22.7 Å². The van der Waals surface area contributed by atoms with Gasteiger partial charge in [0.1, 0.15) is 11.0 Å². The maximum atomic E-state index is 12.6. The van der Waals surface area contributed by atoms with Gasteiger partial charge in [0.15, 0.2) is 11.6 Å². The van der Waals surface area contributed by atoms with Crippen molar-refractivity contribution in [3.63, 3.8) is 0 Å². The molecule has 0 unspecified atom stereocenters. The van der Waals surface area contributed by atoms with Crippen molar-refractivity contribution in [3.05, 3.63) is 0 Å². The summed E-state index contributed by atoms with van der Waals surface area (Å²) < 4.78 is 50.4. The Balaban J connectivity index is 0.00000480. The van der Waals surface area contributed by atoms with Crippen LogP contribution in [0.25, 0.3) is 11.0 Å². The van der Waals surface area contributed by atoms with Gasteiger partial charge in [0, 0.05) is 13.1 Å². The van der Waals surface area contributed by atoms with E-state index in [1.807, 2.05) is 6.92 Å². The molecule has 0 aliphatic carbocycles. The minimum atomic E-state index is -2.62. The van der Waals surface area contributed by atoms with Crippen LogP contribution in [0.5, 0.6) is 0 Å². The highest BCUT2D eigenvalue weighted by molar-refractivity contribution is 5.94.